The first-order valence-electron chi connectivity index (χ1n) is 5.19. The highest BCUT2D eigenvalue weighted by molar-refractivity contribution is 5.81. The van der Waals surface area contributed by atoms with E-state index in [0.29, 0.717) is 0 Å². The van der Waals surface area contributed by atoms with Crippen LogP contribution in [0.5, 0.6) is 0 Å². The van der Waals surface area contributed by atoms with Crippen molar-refractivity contribution >= 4 is 5.97 Å². The van der Waals surface area contributed by atoms with Crippen molar-refractivity contribution in [3.63, 3.8) is 0 Å². The lowest BCUT2D eigenvalue weighted by Gasteiger charge is -2.13. The van der Waals surface area contributed by atoms with Gasteiger partial charge in [0.2, 0.25) is 0 Å². The highest BCUT2D eigenvalue weighted by atomic mass is 16.5. The van der Waals surface area contributed by atoms with Crippen molar-refractivity contribution in [3.8, 4) is 0 Å². The number of rotatable bonds is 5. The molecule has 0 aromatic heterocycles. The zero-order valence-corrected chi connectivity index (χ0v) is 9.72. The molecule has 0 spiro atoms. The summed E-state index contributed by atoms with van der Waals surface area (Å²) in [6.45, 7) is 1.59. The maximum Gasteiger partial charge on any atom is 0.330 e. The van der Waals surface area contributed by atoms with Crippen LogP contribution in [0.4, 0.5) is 0 Å². The predicted molar refractivity (Wildman–Crippen MR) is 63.9 cm³/mol. The number of ether oxygens (including phenoxy) is 1. The van der Waals surface area contributed by atoms with Crippen molar-refractivity contribution < 1.29 is 9.53 Å². The molecule has 0 saturated carbocycles. The Labute approximate surface area is 96.3 Å². The highest BCUT2D eigenvalue weighted by Crippen LogP contribution is 2.02. The second-order valence-electron chi connectivity index (χ2n) is 3.61. The average molecular weight is 219 g/mol. The van der Waals surface area contributed by atoms with E-state index in [1.54, 1.807) is 6.08 Å². The molecule has 0 fully saturated rings. The second kappa shape index (κ2) is 6.80. The van der Waals surface area contributed by atoms with E-state index in [9.17, 15) is 4.79 Å². The van der Waals surface area contributed by atoms with Crippen LogP contribution in [0.1, 0.15) is 5.56 Å². The lowest BCUT2D eigenvalue weighted by atomic mass is 10.2. The van der Waals surface area contributed by atoms with E-state index in [1.807, 2.05) is 25.2 Å². The molecule has 86 valence electrons. The summed E-state index contributed by atoms with van der Waals surface area (Å²) in [4.78, 5) is 12.9. The maximum absolute atomic E-state index is 10.8. The minimum atomic E-state index is -0.312. The number of carbonyl (C=O) groups is 1. The van der Waals surface area contributed by atoms with E-state index >= 15 is 0 Å². The Hall–Kier alpha value is -1.61. The van der Waals surface area contributed by atoms with E-state index in [1.165, 1.54) is 18.7 Å². The molecule has 0 aliphatic heterocycles. The summed E-state index contributed by atoms with van der Waals surface area (Å²) in [5, 5.41) is 0. The van der Waals surface area contributed by atoms with Gasteiger partial charge < -0.3 is 4.74 Å². The topological polar surface area (TPSA) is 29.5 Å². The quantitative estimate of drug-likeness (QED) is 0.559. The summed E-state index contributed by atoms with van der Waals surface area (Å²) in [5.74, 6) is -0.312. The van der Waals surface area contributed by atoms with Crippen LogP contribution in [0.15, 0.2) is 42.5 Å². The van der Waals surface area contributed by atoms with Gasteiger partial charge in [-0.1, -0.05) is 36.4 Å². The second-order valence-corrected chi connectivity index (χ2v) is 3.61. The summed E-state index contributed by atoms with van der Waals surface area (Å²) >= 11 is 0. The first kappa shape index (κ1) is 12.5. The van der Waals surface area contributed by atoms with Crippen LogP contribution in [0.25, 0.3) is 0 Å². The van der Waals surface area contributed by atoms with Gasteiger partial charge in [-0.3, -0.25) is 4.90 Å². The van der Waals surface area contributed by atoms with Crippen LogP contribution in [0.3, 0.4) is 0 Å². The first-order valence-corrected chi connectivity index (χ1v) is 5.19. The molecule has 0 amide bonds. The Morgan fingerprint density at radius 2 is 2.06 bits per heavy atom. The predicted octanol–water partition coefficient (Wildman–Crippen LogP) is 1.85. The van der Waals surface area contributed by atoms with Crippen molar-refractivity contribution in [1.29, 1.82) is 0 Å². The molecular weight excluding hydrogens is 202 g/mol. The fourth-order valence-electron chi connectivity index (χ4n) is 1.36. The van der Waals surface area contributed by atoms with E-state index in [-0.39, 0.29) is 5.97 Å². The fourth-order valence-corrected chi connectivity index (χ4v) is 1.36. The molecule has 1 rings (SSSR count). The third kappa shape index (κ3) is 4.75. The van der Waals surface area contributed by atoms with Crippen LogP contribution >= 0.6 is 0 Å². The molecule has 0 saturated heterocycles. The smallest absolute Gasteiger partial charge is 0.330 e. The first-order chi connectivity index (χ1) is 7.72. The molecule has 0 aliphatic rings. The van der Waals surface area contributed by atoms with Crippen molar-refractivity contribution in [1.82, 2.24) is 4.90 Å². The van der Waals surface area contributed by atoms with Crippen molar-refractivity contribution in [2.45, 2.75) is 6.54 Å². The minimum absolute atomic E-state index is 0.312. The Kier molecular flexibility index (Phi) is 5.29. The molecule has 0 atom stereocenters. The number of benzene rings is 1. The molecule has 0 heterocycles. The molecule has 1 aromatic carbocycles. The lowest BCUT2D eigenvalue weighted by Crippen LogP contribution is -2.17. The summed E-state index contributed by atoms with van der Waals surface area (Å²) in [5.41, 5.74) is 1.26. The molecule has 0 radical (unpaired) electrons. The van der Waals surface area contributed by atoms with E-state index in [0.717, 1.165) is 13.1 Å². The molecule has 0 aliphatic carbocycles. The maximum atomic E-state index is 10.8. The van der Waals surface area contributed by atoms with Gasteiger partial charge in [-0.05, 0) is 12.6 Å². The molecule has 3 heteroatoms. The van der Waals surface area contributed by atoms with E-state index in [4.69, 9.17) is 0 Å². The average Bonchev–Trinajstić information content (AvgIpc) is 2.30. The van der Waals surface area contributed by atoms with Crippen LogP contribution in [0.2, 0.25) is 0 Å². The molecular formula is C13H17NO2. The third-order valence-electron chi connectivity index (χ3n) is 2.17. The Balaban J connectivity index is 2.34. The summed E-state index contributed by atoms with van der Waals surface area (Å²) < 4.78 is 4.51. The number of carbonyl (C=O) groups excluding carboxylic acids is 1. The normalized spacial score (nSPS) is 10.9. The lowest BCUT2D eigenvalue weighted by molar-refractivity contribution is -0.134. The van der Waals surface area contributed by atoms with E-state index < -0.39 is 0 Å². The van der Waals surface area contributed by atoms with Crippen LogP contribution < -0.4 is 0 Å². The van der Waals surface area contributed by atoms with Crippen molar-refractivity contribution in [3.05, 3.63) is 48.0 Å². The van der Waals surface area contributed by atoms with Gasteiger partial charge in [-0.15, -0.1) is 0 Å². The zero-order chi connectivity index (χ0) is 11.8. The molecule has 16 heavy (non-hydrogen) atoms. The number of hydrogen-bond donors (Lipinski definition) is 0. The van der Waals surface area contributed by atoms with Gasteiger partial charge in [0.15, 0.2) is 0 Å². The summed E-state index contributed by atoms with van der Waals surface area (Å²) in [7, 11) is 3.38. The molecule has 3 nitrogen and oxygen atoms in total. The largest absolute Gasteiger partial charge is 0.466 e. The van der Waals surface area contributed by atoms with Gasteiger partial charge in [0.25, 0.3) is 0 Å². The van der Waals surface area contributed by atoms with Gasteiger partial charge >= 0.3 is 5.97 Å². The number of hydrogen-bond acceptors (Lipinski definition) is 3. The molecule has 0 N–H and O–H groups in total. The van der Waals surface area contributed by atoms with Crippen LogP contribution in [-0.4, -0.2) is 31.6 Å². The molecule has 0 bridgehead atoms. The van der Waals surface area contributed by atoms with Crippen molar-refractivity contribution in [2.24, 2.45) is 0 Å². The Morgan fingerprint density at radius 3 is 2.69 bits per heavy atom. The van der Waals surface area contributed by atoms with Gasteiger partial charge in [0, 0.05) is 19.2 Å². The van der Waals surface area contributed by atoms with Crippen molar-refractivity contribution in [2.75, 3.05) is 20.7 Å². The van der Waals surface area contributed by atoms with Crippen LogP contribution in [0, 0.1) is 0 Å². The monoisotopic (exact) mass is 219 g/mol. The third-order valence-corrected chi connectivity index (χ3v) is 2.17. The zero-order valence-electron chi connectivity index (χ0n) is 9.72. The van der Waals surface area contributed by atoms with Gasteiger partial charge in [0.05, 0.1) is 7.11 Å². The molecule has 0 unspecified atom stereocenters. The van der Waals surface area contributed by atoms with Crippen LogP contribution in [-0.2, 0) is 16.1 Å². The Bertz CT molecular complexity index is 346. The van der Waals surface area contributed by atoms with Gasteiger partial charge in [-0.2, -0.15) is 0 Å². The minimum Gasteiger partial charge on any atom is -0.466 e. The summed E-state index contributed by atoms with van der Waals surface area (Å²) in [6.07, 6.45) is 3.25. The number of likely N-dealkylation sites (N-methyl/N-ethyl adjacent to an activating group) is 1. The fraction of sp³-hybridized carbons (Fsp3) is 0.308. The Morgan fingerprint density at radius 1 is 1.38 bits per heavy atom. The van der Waals surface area contributed by atoms with Gasteiger partial charge in [0.1, 0.15) is 0 Å². The molecule has 1 aromatic rings. The number of esters is 1. The SMILES string of the molecule is COC(=O)/C=C/CN(C)Cc1ccccc1. The summed E-state index contributed by atoms with van der Waals surface area (Å²) in [6, 6.07) is 10.2. The number of nitrogens with zero attached hydrogens (tertiary/aromatic N) is 1. The van der Waals surface area contributed by atoms with E-state index in [2.05, 4.69) is 21.8 Å². The van der Waals surface area contributed by atoms with Gasteiger partial charge in [-0.25, -0.2) is 4.79 Å². The highest BCUT2D eigenvalue weighted by Gasteiger charge is 1.97. The standard InChI is InChI=1S/C13H17NO2/c1-14(10-6-9-13(15)16-2)11-12-7-4-3-5-8-12/h3-9H,10-11H2,1-2H3/b9-6+. The number of methoxy groups -OCH3 is 1.